The van der Waals surface area contributed by atoms with Crippen molar-refractivity contribution < 1.29 is 13.9 Å². The van der Waals surface area contributed by atoms with Crippen molar-refractivity contribution >= 4 is 0 Å². The Balaban J connectivity index is 1.95. The standard InChI is InChI=1S/C13H12F2N2O/c14-9-2-1-8(5-10(9)15)11-6-16-12(17-11)13(7-18)3-4-13/h1-2,5-6,18H,3-4,7H2,(H,16,17). The molecule has 0 unspecified atom stereocenters. The van der Waals surface area contributed by atoms with Crippen molar-refractivity contribution in [1.29, 1.82) is 0 Å². The minimum atomic E-state index is -0.882. The molecule has 0 amide bonds. The Kier molecular flexibility index (Phi) is 2.45. The largest absolute Gasteiger partial charge is 0.395 e. The zero-order valence-corrected chi connectivity index (χ0v) is 9.58. The van der Waals surface area contributed by atoms with Crippen molar-refractivity contribution in [3.05, 3.63) is 41.9 Å². The molecule has 1 heterocycles. The van der Waals surface area contributed by atoms with Gasteiger partial charge in [0.2, 0.25) is 0 Å². The fourth-order valence-electron chi connectivity index (χ4n) is 2.02. The summed E-state index contributed by atoms with van der Waals surface area (Å²) in [5, 5.41) is 9.30. The van der Waals surface area contributed by atoms with Crippen molar-refractivity contribution in [2.75, 3.05) is 6.61 Å². The lowest BCUT2D eigenvalue weighted by Gasteiger charge is -2.06. The summed E-state index contributed by atoms with van der Waals surface area (Å²) in [5.41, 5.74) is 0.918. The molecule has 5 heteroatoms. The maximum Gasteiger partial charge on any atom is 0.159 e. The Morgan fingerprint density at radius 1 is 1.28 bits per heavy atom. The third kappa shape index (κ3) is 1.71. The van der Waals surface area contributed by atoms with Gasteiger partial charge >= 0.3 is 0 Å². The number of hydrogen-bond donors (Lipinski definition) is 2. The van der Waals surface area contributed by atoms with Crippen LogP contribution in [0.25, 0.3) is 11.3 Å². The number of aliphatic hydroxyl groups excluding tert-OH is 1. The number of aromatic nitrogens is 2. The zero-order valence-electron chi connectivity index (χ0n) is 9.58. The Labute approximate surface area is 102 Å². The first-order valence-corrected chi connectivity index (χ1v) is 5.76. The third-order valence-electron chi connectivity index (χ3n) is 3.46. The van der Waals surface area contributed by atoms with E-state index in [0.717, 1.165) is 25.0 Å². The first-order valence-electron chi connectivity index (χ1n) is 5.76. The Morgan fingerprint density at radius 3 is 2.67 bits per heavy atom. The minimum Gasteiger partial charge on any atom is -0.395 e. The van der Waals surface area contributed by atoms with Gasteiger partial charge in [0, 0.05) is 5.56 Å². The molecular formula is C13H12F2N2O. The van der Waals surface area contributed by atoms with Crippen LogP contribution in [0.1, 0.15) is 18.7 Å². The number of H-pyrrole nitrogens is 1. The van der Waals surface area contributed by atoms with Gasteiger partial charge in [0.05, 0.1) is 23.9 Å². The number of hydrogen-bond acceptors (Lipinski definition) is 2. The molecule has 3 nitrogen and oxygen atoms in total. The number of aromatic amines is 1. The van der Waals surface area contributed by atoms with E-state index in [2.05, 4.69) is 9.97 Å². The average Bonchev–Trinajstić information content (AvgIpc) is 3.02. The number of rotatable bonds is 3. The molecular weight excluding hydrogens is 238 g/mol. The summed E-state index contributed by atoms with van der Waals surface area (Å²) in [5.74, 6) is -1.04. The number of benzene rings is 1. The fraction of sp³-hybridized carbons (Fsp3) is 0.308. The maximum atomic E-state index is 13.1. The summed E-state index contributed by atoms with van der Waals surface area (Å²) >= 11 is 0. The Bertz CT molecular complexity index is 590. The van der Waals surface area contributed by atoms with E-state index < -0.39 is 11.6 Å². The maximum absolute atomic E-state index is 13.1. The van der Waals surface area contributed by atoms with E-state index in [9.17, 15) is 13.9 Å². The fourth-order valence-corrected chi connectivity index (χ4v) is 2.02. The molecule has 2 aromatic rings. The van der Waals surface area contributed by atoms with Crippen molar-refractivity contribution in [3.63, 3.8) is 0 Å². The van der Waals surface area contributed by atoms with Crippen LogP contribution in [0, 0.1) is 11.6 Å². The van der Waals surface area contributed by atoms with Crippen LogP contribution in [0.15, 0.2) is 24.4 Å². The van der Waals surface area contributed by atoms with Crippen LogP contribution < -0.4 is 0 Å². The molecule has 1 aromatic carbocycles. The van der Waals surface area contributed by atoms with Crippen LogP contribution in [0.4, 0.5) is 8.78 Å². The van der Waals surface area contributed by atoms with Crippen molar-refractivity contribution in [1.82, 2.24) is 9.97 Å². The van der Waals surface area contributed by atoms with Crippen LogP contribution in [0.5, 0.6) is 0 Å². The van der Waals surface area contributed by atoms with E-state index in [1.54, 1.807) is 6.20 Å². The van der Waals surface area contributed by atoms with Crippen LogP contribution in [-0.2, 0) is 5.41 Å². The second kappa shape index (κ2) is 3.88. The molecule has 0 atom stereocenters. The lowest BCUT2D eigenvalue weighted by molar-refractivity contribution is 0.250. The Hall–Kier alpha value is -1.75. The predicted molar refractivity (Wildman–Crippen MR) is 61.9 cm³/mol. The van der Waals surface area contributed by atoms with E-state index >= 15 is 0 Å². The summed E-state index contributed by atoms with van der Waals surface area (Å²) in [6.07, 6.45) is 3.38. The van der Waals surface area contributed by atoms with Gasteiger partial charge in [0.15, 0.2) is 11.6 Å². The summed E-state index contributed by atoms with van der Waals surface area (Å²) in [6.45, 7) is 0.0533. The van der Waals surface area contributed by atoms with Gasteiger partial charge in [-0.2, -0.15) is 0 Å². The molecule has 1 saturated carbocycles. The van der Waals surface area contributed by atoms with E-state index in [0.29, 0.717) is 17.1 Å². The van der Waals surface area contributed by atoms with Crippen molar-refractivity contribution in [3.8, 4) is 11.3 Å². The molecule has 1 aliphatic carbocycles. The SMILES string of the molecule is OCC1(c2ncc(-c3ccc(F)c(F)c3)[nH]2)CC1. The van der Waals surface area contributed by atoms with E-state index in [1.165, 1.54) is 6.07 Å². The number of nitrogens with one attached hydrogen (secondary N) is 1. The number of aliphatic hydroxyl groups is 1. The van der Waals surface area contributed by atoms with Crippen LogP contribution in [-0.4, -0.2) is 21.7 Å². The molecule has 1 aromatic heterocycles. The third-order valence-corrected chi connectivity index (χ3v) is 3.46. The van der Waals surface area contributed by atoms with Gasteiger partial charge in [-0.3, -0.25) is 0 Å². The Morgan fingerprint density at radius 2 is 2.06 bits per heavy atom. The van der Waals surface area contributed by atoms with Gasteiger partial charge in [0.25, 0.3) is 0 Å². The smallest absolute Gasteiger partial charge is 0.159 e. The first-order chi connectivity index (χ1) is 8.64. The molecule has 0 saturated heterocycles. The average molecular weight is 250 g/mol. The second-order valence-electron chi connectivity index (χ2n) is 4.71. The first kappa shape index (κ1) is 11.3. The topological polar surface area (TPSA) is 48.9 Å². The van der Waals surface area contributed by atoms with Crippen LogP contribution in [0.3, 0.4) is 0 Å². The van der Waals surface area contributed by atoms with E-state index in [1.807, 2.05) is 0 Å². The highest BCUT2D eigenvalue weighted by Crippen LogP contribution is 2.46. The molecule has 2 N–H and O–H groups in total. The van der Waals surface area contributed by atoms with Gasteiger partial charge < -0.3 is 10.1 Å². The molecule has 0 spiro atoms. The molecule has 1 aliphatic rings. The van der Waals surface area contributed by atoms with E-state index in [-0.39, 0.29) is 12.0 Å². The lowest BCUT2D eigenvalue weighted by Crippen LogP contribution is -2.13. The summed E-state index contributed by atoms with van der Waals surface area (Å²) in [6, 6.07) is 3.71. The van der Waals surface area contributed by atoms with Crippen molar-refractivity contribution in [2.24, 2.45) is 0 Å². The highest BCUT2D eigenvalue weighted by Gasteiger charge is 2.46. The molecule has 1 fully saturated rings. The highest BCUT2D eigenvalue weighted by atomic mass is 19.2. The second-order valence-corrected chi connectivity index (χ2v) is 4.71. The molecule has 0 radical (unpaired) electrons. The van der Waals surface area contributed by atoms with Gasteiger partial charge in [0.1, 0.15) is 5.82 Å². The molecule has 94 valence electrons. The lowest BCUT2D eigenvalue weighted by atomic mass is 10.1. The monoisotopic (exact) mass is 250 g/mol. The summed E-state index contributed by atoms with van der Waals surface area (Å²) in [4.78, 5) is 7.29. The number of nitrogens with zero attached hydrogens (tertiary/aromatic N) is 1. The van der Waals surface area contributed by atoms with Crippen molar-refractivity contribution in [2.45, 2.75) is 18.3 Å². The predicted octanol–water partition coefficient (Wildman–Crippen LogP) is 2.38. The van der Waals surface area contributed by atoms with E-state index in [4.69, 9.17) is 0 Å². The summed E-state index contributed by atoms with van der Waals surface area (Å²) < 4.78 is 26.0. The van der Waals surface area contributed by atoms with Gasteiger partial charge in [-0.1, -0.05) is 0 Å². The number of imidazole rings is 1. The van der Waals surface area contributed by atoms with Gasteiger partial charge in [-0.15, -0.1) is 0 Å². The van der Waals surface area contributed by atoms with Gasteiger partial charge in [-0.05, 0) is 31.0 Å². The molecule has 18 heavy (non-hydrogen) atoms. The molecule has 3 rings (SSSR count). The van der Waals surface area contributed by atoms with Gasteiger partial charge in [-0.25, -0.2) is 13.8 Å². The quantitative estimate of drug-likeness (QED) is 0.878. The summed E-state index contributed by atoms with van der Waals surface area (Å²) in [7, 11) is 0. The highest BCUT2D eigenvalue weighted by molar-refractivity contribution is 5.58. The number of halogens is 2. The normalized spacial score (nSPS) is 16.8. The van der Waals surface area contributed by atoms with Crippen LogP contribution >= 0.6 is 0 Å². The zero-order chi connectivity index (χ0) is 12.8. The molecule has 0 aliphatic heterocycles. The minimum absolute atomic E-state index is 0.0533. The molecule has 0 bridgehead atoms. The van der Waals surface area contributed by atoms with Crippen LogP contribution in [0.2, 0.25) is 0 Å².